The molecule has 0 amide bonds. The summed E-state index contributed by atoms with van der Waals surface area (Å²) in [6.45, 7) is 4.46. The van der Waals surface area contributed by atoms with Crippen LogP contribution in [0.4, 0.5) is 5.69 Å². The Kier molecular flexibility index (Phi) is 3.82. The van der Waals surface area contributed by atoms with Crippen LogP contribution in [-0.2, 0) is 0 Å². The van der Waals surface area contributed by atoms with E-state index < -0.39 is 0 Å². The molecule has 0 radical (unpaired) electrons. The number of nitrogens with one attached hydrogen (secondary N) is 1. The van der Waals surface area contributed by atoms with Gasteiger partial charge in [0.1, 0.15) is 5.84 Å². The lowest BCUT2D eigenvalue weighted by molar-refractivity contribution is 0.710. The molecule has 0 atom stereocenters. The third-order valence-corrected chi connectivity index (χ3v) is 4.20. The van der Waals surface area contributed by atoms with Crippen LogP contribution in [0.15, 0.2) is 36.4 Å². The van der Waals surface area contributed by atoms with Crippen LogP contribution in [0.5, 0.6) is 0 Å². The van der Waals surface area contributed by atoms with Gasteiger partial charge in [-0.1, -0.05) is 31.2 Å². The Morgan fingerprint density at radius 3 is 2.52 bits per heavy atom. The van der Waals surface area contributed by atoms with Crippen molar-refractivity contribution in [1.29, 1.82) is 5.41 Å². The van der Waals surface area contributed by atoms with Crippen molar-refractivity contribution in [2.75, 3.05) is 18.0 Å². The molecule has 3 N–H and O–H groups in total. The maximum absolute atomic E-state index is 7.76. The number of anilines is 1. The number of hydrogen-bond acceptors (Lipinski definition) is 2. The number of hydrogen-bond donors (Lipinski definition) is 2. The van der Waals surface area contributed by atoms with Crippen LogP contribution in [-0.4, -0.2) is 18.9 Å². The van der Waals surface area contributed by atoms with Crippen LogP contribution < -0.4 is 10.6 Å². The molecule has 0 unspecified atom stereocenters. The SMILES string of the molecule is CCCN(CC1CC1)c1ccc(C(=N)N)c2ccccc12. The van der Waals surface area contributed by atoms with Gasteiger partial charge in [-0.2, -0.15) is 0 Å². The van der Waals surface area contributed by atoms with Gasteiger partial charge in [-0.25, -0.2) is 0 Å². The molecule has 21 heavy (non-hydrogen) atoms. The van der Waals surface area contributed by atoms with Gasteiger partial charge in [0.25, 0.3) is 0 Å². The summed E-state index contributed by atoms with van der Waals surface area (Å²) in [7, 11) is 0. The Hall–Kier alpha value is -2.03. The highest BCUT2D eigenvalue weighted by molar-refractivity contribution is 6.10. The summed E-state index contributed by atoms with van der Waals surface area (Å²) in [5.74, 6) is 1.00. The fraction of sp³-hybridized carbons (Fsp3) is 0.389. The summed E-state index contributed by atoms with van der Waals surface area (Å²) in [6.07, 6.45) is 3.88. The summed E-state index contributed by atoms with van der Waals surface area (Å²) in [6, 6.07) is 12.4. The molecule has 0 heterocycles. The summed E-state index contributed by atoms with van der Waals surface area (Å²) in [5.41, 5.74) is 7.84. The number of benzene rings is 2. The first-order valence-electron chi connectivity index (χ1n) is 7.81. The normalized spacial score (nSPS) is 14.3. The van der Waals surface area contributed by atoms with Gasteiger partial charge in [-0.3, -0.25) is 5.41 Å². The van der Waals surface area contributed by atoms with E-state index in [2.05, 4.69) is 36.1 Å². The van der Waals surface area contributed by atoms with E-state index in [9.17, 15) is 0 Å². The van der Waals surface area contributed by atoms with E-state index in [0.717, 1.165) is 36.4 Å². The Labute approximate surface area is 126 Å². The summed E-state index contributed by atoms with van der Waals surface area (Å²) >= 11 is 0. The lowest BCUT2D eigenvalue weighted by Crippen LogP contribution is -2.27. The molecular weight excluding hydrogens is 258 g/mol. The van der Waals surface area contributed by atoms with E-state index in [-0.39, 0.29) is 5.84 Å². The molecule has 0 aromatic heterocycles. The molecule has 3 nitrogen and oxygen atoms in total. The molecule has 1 aliphatic carbocycles. The third kappa shape index (κ3) is 2.87. The lowest BCUT2D eigenvalue weighted by atomic mass is 10.0. The quantitative estimate of drug-likeness (QED) is 0.626. The smallest absolute Gasteiger partial charge is 0.123 e. The second-order valence-corrected chi connectivity index (χ2v) is 5.98. The summed E-state index contributed by atoms with van der Waals surface area (Å²) in [5, 5.41) is 10.1. The monoisotopic (exact) mass is 281 g/mol. The van der Waals surface area contributed by atoms with Crippen LogP contribution in [0.1, 0.15) is 31.7 Å². The van der Waals surface area contributed by atoms with Crippen molar-refractivity contribution in [3.05, 3.63) is 42.0 Å². The molecule has 2 aromatic carbocycles. The molecule has 1 fully saturated rings. The number of nitrogens with two attached hydrogens (primary N) is 1. The number of nitrogen functional groups attached to an aromatic ring is 1. The predicted octanol–water partition coefficient (Wildman–Crippen LogP) is 3.75. The van der Waals surface area contributed by atoms with Gasteiger partial charge < -0.3 is 10.6 Å². The zero-order valence-electron chi connectivity index (χ0n) is 12.6. The second kappa shape index (κ2) is 5.76. The van der Waals surface area contributed by atoms with Crippen LogP contribution in [0.3, 0.4) is 0 Å². The molecule has 110 valence electrons. The fourth-order valence-electron chi connectivity index (χ4n) is 2.99. The Morgan fingerprint density at radius 2 is 1.90 bits per heavy atom. The number of fused-ring (bicyclic) bond motifs is 1. The average Bonchev–Trinajstić information content (AvgIpc) is 3.29. The molecule has 3 rings (SSSR count). The molecule has 0 saturated heterocycles. The lowest BCUT2D eigenvalue weighted by Gasteiger charge is -2.26. The van der Waals surface area contributed by atoms with E-state index in [4.69, 9.17) is 11.1 Å². The fourth-order valence-corrected chi connectivity index (χ4v) is 2.99. The van der Waals surface area contributed by atoms with E-state index in [1.807, 2.05) is 12.1 Å². The van der Waals surface area contributed by atoms with Gasteiger partial charge in [-0.15, -0.1) is 0 Å². The highest BCUT2D eigenvalue weighted by Crippen LogP contribution is 2.35. The van der Waals surface area contributed by atoms with Gasteiger partial charge in [0, 0.05) is 29.7 Å². The largest absolute Gasteiger partial charge is 0.384 e. The van der Waals surface area contributed by atoms with Crippen LogP contribution in [0, 0.1) is 11.3 Å². The second-order valence-electron chi connectivity index (χ2n) is 5.98. The minimum absolute atomic E-state index is 0.141. The Bertz CT molecular complexity index is 659. The predicted molar refractivity (Wildman–Crippen MR) is 90.2 cm³/mol. The minimum atomic E-state index is 0.141. The molecule has 0 spiro atoms. The molecule has 0 aliphatic heterocycles. The number of nitrogens with zero attached hydrogens (tertiary/aromatic N) is 1. The zero-order chi connectivity index (χ0) is 14.8. The van der Waals surface area contributed by atoms with E-state index in [0.29, 0.717) is 0 Å². The van der Waals surface area contributed by atoms with Crippen molar-refractivity contribution in [2.24, 2.45) is 11.7 Å². The molecule has 3 heteroatoms. The number of rotatable bonds is 6. The number of amidine groups is 1. The van der Waals surface area contributed by atoms with Gasteiger partial charge in [-0.05, 0) is 42.7 Å². The van der Waals surface area contributed by atoms with Crippen LogP contribution in [0.25, 0.3) is 10.8 Å². The van der Waals surface area contributed by atoms with Crippen LogP contribution >= 0.6 is 0 Å². The first-order chi connectivity index (χ1) is 10.2. The van der Waals surface area contributed by atoms with Crippen molar-refractivity contribution in [2.45, 2.75) is 26.2 Å². The summed E-state index contributed by atoms with van der Waals surface area (Å²) in [4.78, 5) is 2.50. The van der Waals surface area contributed by atoms with Gasteiger partial charge in [0.05, 0.1) is 0 Å². The van der Waals surface area contributed by atoms with Crippen LogP contribution in [0.2, 0.25) is 0 Å². The van der Waals surface area contributed by atoms with E-state index in [1.54, 1.807) is 0 Å². The topological polar surface area (TPSA) is 53.1 Å². The average molecular weight is 281 g/mol. The van der Waals surface area contributed by atoms with Crippen molar-refractivity contribution in [3.63, 3.8) is 0 Å². The Morgan fingerprint density at radius 1 is 1.19 bits per heavy atom. The van der Waals surface area contributed by atoms with Crippen molar-refractivity contribution < 1.29 is 0 Å². The van der Waals surface area contributed by atoms with Crippen molar-refractivity contribution >= 4 is 22.3 Å². The van der Waals surface area contributed by atoms with Gasteiger partial charge in [0.2, 0.25) is 0 Å². The minimum Gasteiger partial charge on any atom is -0.384 e. The first kappa shape index (κ1) is 13.9. The van der Waals surface area contributed by atoms with E-state index in [1.165, 1.54) is 23.9 Å². The van der Waals surface area contributed by atoms with Gasteiger partial charge in [0.15, 0.2) is 0 Å². The standard InChI is InChI=1S/C18H23N3/c1-2-11-21(12-13-7-8-13)17-10-9-16(18(19)20)14-5-3-4-6-15(14)17/h3-6,9-10,13H,2,7-8,11-12H2,1H3,(H3,19,20). The highest BCUT2D eigenvalue weighted by Gasteiger charge is 2.25. The molecule has 2 aromatic rings. The first-order valence-corrected chi connectivity index (χ1v) is 7.81. The molecule has 1 aliphatic rings. The van der Waals surface area contributed by atoms with Gasteiger partial charge >= 0.3 is 0 Å². The summed E-state index contributed by atoms with van der Waals surface area (Å²) < 4.78 is 0. The maximum Gasteiger partial charge on any atom is 0.123 e. The maximum atomic E-state index is 7.76. The zero-order valence-corrected chi connectivity index (χ0v) is 12.6. The highest BCUT2D eigenvalue weighted by atomic mass is 15.1. The molecule has 0 bridgehead atoms. The molecular formula is C18H23N3. The molecule has 1 saturated carbocycles. The van der Waals surface area contributed by atoms with Crippen molar-refractivity contribution in [3.8, 4) is 0 Å². The van der Waals surface area contributed by atoms with E-state index >= 15 is 0 Å². The third-order valence-electron chi connectivity index (χ3n) is 4.20. The van der Waals surface area contributed by atoms with Crippen molar-refractivity contribution in [1.82, 2.24) is 0 Å². The Balaban J connectivity index is 2.08.